The number of hydrogen-bond acceptors (Lipinski definition) is 3. The predicted molar refractivity (Wildman–Crippen MR) is 84.5 cm³/mol. The maximum Gasteiger partial charge on any atom is 0.122 e. The Morgan fingerprint density at radius 2 is 2.19 bits per heavy atom. The van der Waals surface area contributed by atoms with Gasteiger partial charge in [0.25, 0.3) is 0 Å². The molecule has 3 aromatic rings. The number of pyridine rings is 1. The molecule has 0 bridgehead atoms. The fourth-order valence-corrected chi connectivity index (χ4v) is 2.84. The van der Waals surface area contributed by atoms with Crippen molar-refractivity contribution in [2.75, 3.05) is 7.11 Å². The first-order valence-electron chi connectivity index (χ1n) is 6.62. The maximum atomic E-state index is 10.5. The zero-order chi connectivity index (χ0) is 14.8. The molecule has 0 saturated heterocycles. The molecular weight excluding hydrogens is 332 g/mol. The first-order chi connectivity index (χ1) is 10.2. The van der Waals surface area contributed by atoms with Crippen LogP contribution in [0.5, 0.6) is 5.75 Å². The molecule has 0 aliphatic heterocycles. The third-order valence-corrected chi connectivity index (χ3v) is 3.96. The van der Waals surface area contributed by atoms with Crippen LogP contribution >= 0.6 is 15.9 Å². The second kappa shape index (κ2) is 5.87. The monoisotopic (exact) mass is 346 g/mol. The van der Waals surface area contributed by atoms with Crippen molar-refractivity contribution in [3.63, 3.8) is 0 Å². The third-order valence-electron chi connectivity index (χ3n) is 3.47. The molecule has 5 heteroatoms. The van der Waals surface area contributed by atoms with Crippen LogP contribution in [0, 0.1) is 0 Å². The number of halogens is 1. The van der Waals surface area contributed by atoms with Gasteiger partial charge in [-0.3, -0.25) is 0 Å². The van der Waals surface area contributed by atoms with Gasteiger partial charge in [0.15, 0.2) is 0 Å². The summed E-state index contributed by atoms with van der Waals surface area (Å²) in [7, 11) is 1.63. The van der Waals surface area contributed by atoms with Crippen molar-refractivity contribution >= 4 is 21.4 Å². The summed E-state index contributed by atoms with van der Waals surface area (Å²) in [6, 6.07) is 11.6. The molecular formula is C16H15BrN2O2. The maximum absolute atomic E-state index is 10.5. The van der Waals surface area contributed by atoms with E-state index in [2.05, 4.69) is 21.0 Å². The molecule has 3 rings (SSSR count). The number of fused-ring (bicyclic) bond motifs is 1. The predicted octanol–water partition coefficient (Wildman–Crippen LogP) is 3.38. The molecule has 108 valence electrons. The lowest BCUT2D eigenvalue weighted by atomic mass is 10.0. The normalized spacial score (nSPS) is 12.5. The Morgan fingerprint density at radius 1 is 1.33 bits per heavy atom. The van der Waals surface area contributed by atoms with E-state index < -0.39 is 6.10 Å². The van der Waals surface area contributed by atoms with Crippen molar-refractivity contribution in [3.05, 3.63) is 64.4 Å². The molecule has 2 heterocycles. The van der Waals surface area contributed by atoms with Gasteiger partial charge >= 0.3 is 0 Å². The van der Waals surface area contributed by atoms with Gasteiger partial charge < -0.3 is 9.84 Å². The fraction of sp³-hybridized carbons (Fsp3) is 0.188. The van der Waals surface area contributed by atoms with Gasteiger partial charge in [0, 0.05) is 22.7 Å². The number of nitrogens with zero attached hydrogens (tertiary/aromatic N) is 2. The van der Waals surface area contributed by atoms with Crippen LogP contribution < -0.4 is 4.74 Å². The van der Waals surface area contributed by atoms with Gasteiger partial charge in [-0.05, 0) is 35.9 Å². The Hall–Kier alpha value is -1.85. The highest BCUT2D eigenvalue weighted by Crippen LogP contribution is 2.29. The molecule has 1 atom stereocenters. The van der Waals surface area contributed by atoms with Crippen molar-refractivity contribution < 1.29 is 9.84 Å². The molecule has 1 unspecified atom stereocenters. The van der Waals surface area contributed by atoms with Crippen LogP contribution in [0.2, 0.25) is 0 Å². The van der Waals surface area contributed by atoms with Crippen LogP contribution in [0.15, 0.2) is 53.3 Å². The molecule has 2 aromatic heterocycles. The van der Waals surface area contributed by atoms with Crippen LogP contribution in [0.4, 0.5) is 0 Å². The average Bonchev–Trinajstić information content (AvgIpc) is 2.91. The van der Waals surface area contributed by atoms with E-state index in [1.807, 2.05) is 42.6 Å². The fourth-order valence-electron chi connectivity index (χ4n) is 2.44. The van der Waals surface area contributed by atoms with Crippen LogP contribution in [0.1, 0.15) is 17.2 Å². The zero-order valence-corrected chi connectivity index (χ0v) is 13.1. The lowest BCUT2D eigenvalue weighted by molar-refractivity contribution is 0.178. The molecule has 21 heavy (non-hydrogen) atoms. The second-order valence-corrected chi connectivity index (χ2v) is 5.72. The molecule has 0 aliphatic carbocycles. The van der Waals surface area contributed by atoms with Crippen LogP contribution in [-0.2, 0) is 6.42 Å². The number of ether oxygens (including phenoxy) is 1. The molecule has 0 aliphatic rings. The molecule has 0 radical (unpaired) electrons. The van der Waals surface area contributed by atoms with E-state index >= 15 is 0 Å². The summed E-state index contributed by atoms with van der Waals surface area (Å²) in [5.41, 5.74) is 2.69. The van der Waals surface area contributed by atoms with E-state index in [-0.39, 0.29) is 0 Å². The number of aliphatic hydroxyl groups excluding tert-OH is 1. The Kier molecular flexibility index (Phi) is 3.94. The number of rotatable bonds is 4. The largest absolute Gasteiger partial charge is 0.496 e. The topological polar surface area (TPSA) is 46.8 Å². The highest BCUT2D eigenvalue weighted by molar-refractivity contribution is 9.10. The zero-order valence-electron chi connectivity index (χ0n) is 11.5. The van der Waals surface area contributed by atoms with Crippen LogP contribution in [0.3, 0.4) is 0 Å². The summed E-state index contributed by atoms with van der Waals surface area (Å²) >= 11 is 3.45. The average molecular weight is 347 g/mol. The summed E-state index contributed by atoms with van der Waals surface area (Å²) in [6.45, 7) is 0. The minimum atomic E-state index is -0.631. The van der Waals surface area contributed by atoms with Gasteiger partial charge in [-0.25, -0.2) is 4.52 Å². The van der Waals surface area contributed by atoms with Gasteiger partial charge in [-0.1, -0.05) is 22.0 Å². The molecule has 1 N–H and O–H groups in total. The highest BCUT2D eigenvalue weighted by atomic mass is 79.9. The van der Waals surface area contributed by atoms with E-state index in [4.69, 9.17) is 4.74 Å². The molecule has 0 saturated carbocycles. The van der Waals surface area contributed by atoms with E-state index in [1.165, 1.54) is 0 Å². The summed E-state index contributed by atoms with van der Waals surface area (Å²) in [6.07, 6.45) is 3.42. The quantitative estimate of drug-likeness (QED) is 0.787. The van der Waals surface area contributed by atoms with Gasteiger partial charge in [0.05, 0.1) is 24.9 Å². The van der Waals surface area contributed by atoms with E-state index in [1.54, 1.807) is 17.8 Å². The Morgan fingerprint density at radius 3 is 3.00 bits per heavy atom. The van der Waals surface area contributed by atoms with Gasteiger partial charge in [-0.2, -0.15) is 5.10 Å². The molecule has 0 spiro atoms. The Bertz CT molecular complexity index is 770. The highest BCUT2D eigenvalue weighted by Gasteiger charge is 2.16. The Labute approximate surface area is 131 Å². The van der Waals surface area contributed by atoms with Crippen molar-refractivity contribution in [1.82, 2.24) is 9.61 Å². The smallest absolute Gasteiger partial charge is 0.122 e. The SMILES string of the molecule is COc1ccc(Br)cc1CC(O)c1cnn2ccccc12. The lowest BCUT2D eigenvalue weighted by Crippen LogP contribution is -2.03. The first kappa shape index (κ1) is 14.1. The third kappa shape index (κ3) is 2.80. The van der Waals surface area contributed by atoms with Gasteiger partial charge in [-0.15, -0.1) is 0 Å². The number of hydrogen-bond donors (Lipinski definition) is 1. The Balaban J connectivity index is 1.93. The van der Waals surface area contributed by atoms with Crippen molar-refractivity contribution in [2.24, 2.45) is 0 Å². The number of aromatic nitrogens is 2. The molecule has 0 amide bonds. The number of methoxy groups -OCH3 is 1. The van der Waals surface area contributed by atoms with Crippen LogP contribution in [-0.4, -0.2) is 21.8 Å². The van der Waals surface area contributed by atoms with Gasteiger partial charge in [0.1, 0.15) is 5.75 Å². The molecule has 0 fully saturated rings. The summed E-state index contributed by atoms with van der Waals surface area (Å²) < 4.78 is 8.08. The minimum absolute atomic E-state index is 0.471. The first-order valence-corrected chi connectivity index (χ1v) is 7.41. The van der Waals surface area contributed by atoms with E-state index in [0.29, 0.717) is 6.42 Å². The summed E-state index contributed by atoms with van der Waals surface area (Å²) in [5.74, 6) is 0.772. The van der Waals surface area contributed by atoms with E-state index in [9.17, 15) is 5.11 Å². The molecule has 1 aromatic carbocycles. The minimum Gasteiger partial charge on any atom is -0.496 e. The standard InChI is InChI=1S/C16H15BrN2O2/c1-21-16-6-5-12(17)8-11(16)9-15(20)13-10-18-19-7-3-2-4-14(13)19/h2-8,10,15,20H,9H2,1H3. The number of benzene rings is 1. The second-order valence-electron chi connectivity index (χ2n) is 4.81. The van der Waals surface area contributed by atoms with Gasteiger partial charge in [0.2, 0.25) is 0 Å². The summed E-state index contributed by atoms with van der Waals surface area (Å²) in [4.78, 5) is 0. The van der Waals surface area contributed by atoms with Crippen LogP contribution in [0.25, 0.3) is 5.52 Å². The number of aliphatic hydroxyl groups is 1. The van der Waals surface area contributed by atoms with Crippen molar-refractivity contribution in [3.8, 4) is 5.75 Å². The summed E-state index contributed by atoms with van der Waals surface area (Å²) in [5, 5.41) is 14.8. The molecule has 4 nitrogen and oxygen atoms in total. The van der Waals surface area contributed by atoms with Crippen molar-refractivity contribution in [2.45, 2.75) is 12.5 Å². The van der Waals surface area contributed by atoms with Crippen molar-refractivity contribution in [1.29, 1.82) is 0 Å². The lowest BCUT2D eigenvalue weighted by Gasteiger charge is -2.13. The van der Waals surface area contributed by atoms with E-state index in [0.717, 1.165) is 26.9 Å².